The van der Waals surface area contributed by atoms with Gasteiger partial charge in [0.15, 0.2) is 8.59 Å². The number of amidine groups is 1. The molecule has 0 fully saturated rings. The summed E-state index contributed by atoms with van der Waals surface area (Å²) in [7, 11) is 0. The molecule has 4 rings (SSSR count). The fraction of sp³-hybridized carbons (Fsp3) is 0.488. The largest absolute Gasteiger partial charge is 1.00 e. The quantitative estimate of drug-likeness (QED) is 0.0692. The van der Waals surface area contributed by atoms with Crippen LogP contribution in [0.25, 0.3) is 5.69 Å². The highest BCUT2D eigenvalue weighted by Gasteiger charge is 2.23. The molecule has 1 N–H and O–H groups in total. The second kappa shape index (κ2) is 24.2. The first-order valence-electron chi connectivity index (χ1n) is 18.4. The average Bonchev–Trinajstić information content (AvgIpc) is 3.51. The minimum Gasteiger partial charge on any atom is -1.00 e. The van der Waals surface area contributed by atoms with Crippen molar-refractivity contribution in [1.29, 1.82) is 0 Å². The lowest BCUT2D eigenvalue weighted by Crippen LogP contribution is -3.00. The third-order valence-electron chi connectivity index (χ3n) is 8.86. The van der Waals surface area contributed by atoms with Crippen molar-refractivity contribution in [2.24, 2.45) is 4.99 Å². The molecule has 0 saturated heterocycles. The molecule has 4 aromatic rings. The molecule has 0 atom stereocenters. The molecular weight excluding hydrogens is 821 g/mol. The summed E-state index contributed by atoms with van der Waals surface area (Å²) in [6.07, 6.45) is 6.63. The third-order valence-corrected chi connectivity index (χ3v) is 8.86. The average molecular weight is 880 g/mol. The molecule has 0 aliphatic carbocycles. The van der Waals surface area contributed by atoms with E-state index < -0.39 is 8.59 Å². The molecule has 0 radical (unpaired) electrons. The standard InChI is InChI=1S/C41H57N4.2CHCl3.ClH/c1-26(2)32-16-13-17-33(27(3)4)39(32)42-38(43-40-34(28(5)6)18-14-19-35(40)29(7)8)24-44-22-23-45(25-44)41-36(30(9)10)20-15-21-37(41)31(11)12;2*2-1(3)4;/h13-23,25-31H,24H2,1-12H3,(H,42,43);2*1H;1H/q+1;;;/p-1. The minimum atomic E-state index is -0.750. The molecule has 1 aromatic heterocycles. The molecule has 300 valence electrons. The first-order chi connectivity index (χ1) is 24.8. The number of para-hydroxylation sites is 3. The first-order valence-corrected chi connectivity index (χ1v) is 21.0. The van der Waals surface area contributed by atoms with Gasteiger partial charge in [-0.05, 0) is 57.8 Å². The lowest BCUT2D eigenvalue weighted by atomic mass is 9.92. The van der Waals surface area contributed by atoms with Crippen molar-refractivity contribution in [2.45, 2.75) is 134 Å². The predicted octanol–water partition coefficient (Wildman–Crippen LogP) is 12.3. The molecular formula is C43H59Cl7N4. The molecule has 0 unspecified atom stereocenters. The number of nitrogens with zero attached hydrogens (tertiary/aromatic N) is 3. The van der Waals surface area contributed by atoms with Gasteiger partial charge in [-0.25, -0.2) is 14.1 Å². The zero-order chi connectivity index (χ0) is 40.2. The van der Waals surface area contributed by atoms with Crippen molar-refractivity contribution in [3.63, 3.8) is 0 Å². The lowest BCUT2D eigenvalue weighted by molar-refractivity contribution is -0.681. The first kappa shape index (κ1) is 50.4. The SMILES string of the molecule is CC(C)c1cccc(C(C)C)c1N=C(C[n+]1ccn(-c2c(C(C)C)cccc2C(C)C)c1)Nc1c(C(C)C)cccc1C(C)C.ClC(Cl)Cl.ClC(Cl)Cl.[Cl-]. The Hall–Kier alpha value is -1.63. The van der Waals surface area contributed by atoms with Crippen LogP contribution in [0.1, 0.15) is 152 Å². The molecule has 0 amide bonds. The van der Waals surface area contributed by atoms with E-state index in [4.69, 9.17) is 74.6 Å². The number of anilines is 1. The van der Waals surface area contributed by atoms with E-state index in [1.807, 2.05) is 0 Å². The van der Waals surface area contributed by atoms with E-state index in [9.17, 15) is 0 Å². The second-order valence-corrected chi connectivity index (χ2v) is 18.9. The summed E-state index contributed by atoms with van der Waals surface area (Å²) in [4.78, 5) is 5.54. The summed E-state index contributed by atoms with van der Waals surface area (Å²) < 4.78 is 3.08. The van der Waals surface area contributed by atoms with Gasteiger partial charge < -0.3 is 17.7 Å². The number of imidazole rings is 1. The Morgan fingerprint density at radius 3 is 1.26 bits per heavy atom. The predicted molar refractivity (Wildman–Crippen MR) is 237 cm³/mol. The number of nitrogens with one attached hydrogen (secondary N) is 1. The van der Waals surface area contributed by atoms with E-state index in [0.717, 1.165) is 11.5 Å². The number of aromatic nitrogens is 2. The van der Waals surface area contributed by atoms with Crippen LogP contribution in [0.2, 0.25) is 0 Å². The fourth-order valence-corrected chi connectivity index (χ4v) is 6.32. The van der Waals surface area contributed by atoms with Gasteiger partial charge >= 0.3 is 0 Å². The minimum absolute atomic E-state index is 0. The summed E-state index contributed by atoms with van der Waals surface area (Å²) in [5.41, 5.74) is 11.6. The van der Waals surface area contributed by atoms with E-state index in [1.165, 1.54) is 44.8 Å². The molecule has 54 heavy (non-hydrogen) atoms. The molecule has 0 bridgehead atoms. The van der Waals surface area contributed by atoms with Gasteiger partial charge in [0.1, 0.15) is 30.5 Å². The number of hydrogen-bond donors (Lipinski definition) is 1. The Balaban J connectivity index is 0.00000147. The van der Waals surface area contributed by atoms with Crippen molar-refractivity contribution in [1.82, 2.24) is 4.57 Å². The van der Waals surface area contributed by atoms with Crippen LogP contribution in [0.15, 0.2) is 78.3 Å². The number of benzene rings is 3. The van der Waals surface area contributed by atoms with Crippen molar-refractivity contribution < 1.29 is 17.0 Å². The highest BCUT2D eigenvalue weighted by molar-refractivity contribution is 6.63. The normalized spacial score (nSPS) is 11.8. The number of hydrogen-bond acceptors (Lipinski definition) is 1. The van der Waals surface area contributed by atoms with E-state index in [1.54, 1.807) is 0 Å². The van der Waals surface area contributed by atoms with Crippen LogP contribution in [0, 0.1) is 0 Å². The fourth-order valence-electron chi connectivity index (χ4n) is 6.32. The maximum Gasteiger partial charge on any atom is 0.249 e. The van der Waals surface area contributed by atoms with Crippen LogP contribution < -0.4 is 22.3 Å². The zero-order valence-electron chi connectivity index (χ0n) is 33.7. The van der Waals surface area contributed by atoms with Crippen molar-refractivity contribution in [3.05, 3.63) is 107 Å². The maximum absolute atomic E-state index is 5.54. The Labute approximate surface area is 362 Å². The Kier molecular flexibility index (Phi) is 22.6. The highest BCUT2D eigenvalue weighted by Crippen LogP contribution is 2.37. The molecule has 0 aliphatic rings. The van der Waals surface area contributed by atoms with Gasteiger partial charge in [-0.2, -0.15) is 0 Å². The van der Waals surface area contributed by atoms with Crippen LogP contribution in [0.3, 0.4) is 0 Å². The van der Waals surface area contributed by atoms with E-state index in [0.29, 0.717) is 42.1 Å². The van der Waals surface area contributed by atoms with Crippen molar-refractivity contribution in [2.75, 3.05) is 5.32 Å². The highest BCUT2D eigenvalue weighted by atomic mass is 35.6. The molecule has 1 heterocycles. The van der Waals surface area contributed by atoms with Crippen molar-refractivity contribution >= 4 is 86.8 Å². The van der Waals surface area contributed by atoms with E-state index in [2.05, 4.69) is 171 Å². The molecule has 3 aromatic carbocycles. The van der Waals surface area contributed by atoms with Crippen molar-refractivity contribution in [3.8, 4) is 5.69 Å². The summed E-state index contributed by atoms with van der Waals surface area (Å²) in [5, 5.41) is 3.94. The lowest BCUT2D eigenvalue weighted by Gasteiger charge is -2.22. The van der Waals surface area contributed by atoms with Gasteiger partial charge in [0.2, 0.25) is 6.33 Å². The maximum atomic E-state index is 5.54. The second-order valence-electron chi connectivity index (χ2n) is 15.0. The van der Waals surface area contributed by atoms with E-state index >= 15 is 0 Å². The molecule has 11 heteroatoms. The number of halogens is 7. The summed E-state index contributed by atoms with van der Waals surface area (Å²) in [6, 6.07) is 20.2. The molecule has 0 spiro atoms. The van der Waals surface area contributed by atoms with Gasteiger partial charge in [0, 0.05) is 16.8 Å². The topological polar surface area (TPSA) is 33.2 Å². The van der Waals surface area contributed by atoms with Gasteiger partial charge in [0.05, 0.1) is 5.69 Å². The molecule has 4 nitrogen and oxygen atoms in total. The van der Waals surface area contributed by atoms with Crippen LogP contribution >= 0.6 is 69.6 Å². The Morgan fingerprint density at radius 1 is 0.574 bits per heavy atom. The van der Waals surface area contributed by atoms with Crippen LogP contribution in [0.4, 0.5) is 11.4 Å². The Morgan fingerprint density at radius 2 is 0.907 bits per heavy atom. The monoisotopic (exact) mass is 876 g/mol. The van der Waals surface area contributed by atoms with Gasteiger partial charge in [-0.1, -0.05) is 207 Å². The van der Waals surface area contributed by atoms with Crippen LogP contribution in [-0.4, -0.2) is 19.0 Å². The number of alkyl halides is 6. The van der Waals surface area contributed by atoms with Crippen LogP contribution in [-0.2, 0) is 6.54 Å². The molecule has 0 aliphatic heterocycles. The third kappa shape index (κ3) is 15.4. The number of rotatable bonds is 11. The van der Waals surface area contributed by atoms with Gasteiger partial charge in [-0.3, -0.25) is 0 Å². The van der Waals surface area contributed by atoms with Gasteiger partial charge in [-0.15, -0.1) is 0 Å². The summed E-state index contributed by atoms with van der Waals surface area (Å²) >= 11 is 28.8. The zero-order valence-corrected chi connectivity index (χ0v) is 39.0. The summed E-state index contributed by atoms with van der Waals surface area (Å²) in [6.45, 7) is 27.9. The smallest absolute Gasteiger partial charge is 0.249 e. The Bertz CT molecular complexity index is 1650. The summed E-state index contributed by atoms with van der Waals surface area (Å²) in [5.74, 6) is 3.32. The van der Waals surface area contributed by atoms with Crippen LogP contribution in [0.5, 0.6) is 0 Å². The number of aliphatic imine (C=N–C) groups is 1. The molecule has 0 saturated carbocycles. The van der Waals surface area contributed by atoms with E-state index in [-0.39, 0.29) is 12.4 Å². The van der Waals surface area contributed by atoms with Gasteiger partial charge in [0.25, 0.3) is 0 Å².